The van der Waals surface area contributed by atoms with Crippen LogP contribution in [0.2, 0.25) is 0 Å². The van der Waals surface area contributed by atoms with E-state index in [0.29, 0.717) is 5.56 Å². The van der Waals surface area contributed by atoms with Gasteiger partial charge in [0.05, 0.1) is 0 Å². The largest absolute Gasteiger partial charge is 0.480 e. The van der Waals surface area contributed by atoms with Gasteiger partial charge in [-0.2, -0.15) is 0 Å². The molecule has 1 unspecified atom stereocenters. The van der Waals surface area contributed by atoms with Crippen LogP contribution in [-0.2, 0) is 4.79 Å². The molecular weight excluding hydrogens is 292 g/mol. The zero-order chi connectivity index (χ0) is 17.0. The average Bonchev–Trinajstić information content (AvgIpc) is 3.37. The highest BCUT2D eigenvalue weighted by Gasteiger charge is 2.38. The van der Waals surface area contributed by atoms with Gasteiger partial charge in [0, 0.05) is 30.9 Å². The predicted molar refractivity (Wildman–Crippen MR) is 90.9 cm³/mol. The third kappa shape index (κ3) is 4.24. The van der Waals surface area contributed by atoms with E-state index < -0.39 is 12.0 Å². The summed E-state index contributed by atoms with van der Waals surface area (Å²) in [6, 6.07) is 6.73. The van der Waals surface area contributed by atoms with Gasteiger partial charge >= 0.3 is 5.97 Å². The van der Waals surface area contributed by atoms with E-state index in [1.807, 2.05) is 19.2 Å². The Bertz CT molecular complexity index is 552. The molecule has 0 aliphatic heterocycles. The van der Waals surface area contributed by atoms with Gasteiger partial charge in [-0.05, 0) is 50.5 Å². The van der Waals surface area contributed by atoms with E-state index in [1.165, 1.54) is 4.90 Å². The molecule has 0 radical (unpaired) electrons. The number of hydrogen-bond acceptors (Lipinski definition) is 3. The van der Waals surface area contributed by atoms with Crippen LogP contribution in [0.15, 0.2) is 24.3 Å². The summed E-state index contributed by atoms with van der Waals surface area (Å²) in [5.74, 6) is -1.15. The number of unbranched alkanes of at least 4 members (excludes halogenated alkanes) is 1. The molecule has 0 bridgehead atoms. The fourth-order valence-electron chi connectivity index (χ4n) is 2.66. The van der Waals surface area contributed by atoms with Crippen molar-refractivity contribution < 1.29 is 14.7 Å². The summed E-state index contributed by atoms with van der Waals surface area (Å²) in [5.41, 5.74) is 1.62. The summed E-state index contributed by atoms with van der Waals surface area (Å²) in [5, 5.41) is 9.22. The van der Waals surface area contributed by atoms with E-state index in [4.69, 9.17) is 0 Å². The van der Waals surface area contributed by atoms with Crippen LogP contribution in [0.4, 0.5) is 5.69 Å². The SMILES string of the molecule is CCCCN(C)c1ccc(C(=O)N(C2CC2)C(C)C(=O)O)cc1. The van der Waals surface area contributed by atoms with Crippen molar-refractivity contribution in [2.24, 2.45) is 0 Å². The number of benzene rings is 1. The highest BCUT2D eigenvalue weighted by Crippen LogP contribution is 2.30. The zero-order valence-corrected chi connectivity index (χ0v) is 14.2. The van der Waals surface area contributed by atoms with Crippen molar-refractivity contribution in [2.75, 3.05) is 18.5 Å². The van der Waals surface area contributed by atoms with E-state index in [9.17, 15) is 14.7 Å². The molecule has 1 aliphatic carbocycles. The maximum atomic E-state index is 12.7. The monoisotopic (exact) mass is 318 g/mol. The van der Waals surface area contributed by atoms with Crippen molar-refractivity contribution in [1.29, 1.82) is 0 Å². The lowest BCUT2D eigenvalue weighted by Gasteiger charge is -2.27. The van der Waals surface area contributed by atoms with Crippen LogP contribution < -0.4 is 4.90 Å². The molecule has 1 atom stereocenters. The number of anilines is 1. The standard InChI is InChI=1S/C18H26N2O3/c1-4-5-12-19(3)15-8-6-14(7-9-15)17(21)20(16-10-11-16)13(2)18(22)23/h6-9,13,16H,4-5,10-12H2,1-3H3,(H,22,23). The quantitative estimate of drug-likeness (QED) is 0.800. The number of aliphatic carboxylic acids is 1. The Morgan fingerprint density at radius 2 is 1.87 bits per heavy atom. The molecule has 1 aromatic carbocycles. The second kappa shape index (κ2) is 7.49. The van der Waals surface area contributed by atoms with E-state index in [0.717, 1.165) is 37.9 Å². The molecule has 0 heterocycles. The molecule has 5 nitrogen and oxygen atoms in total. The number of carboxylic acid groups (broad SMARTS) is 1. The first-order valence-corrected chi connectivity index (χ1v) is 8.32. The van der Waals surface area contributed by atoms with Crippen LogP contribution in [0.3, 0.4) is 0 Å². The van der Waals surface area contributed by atoms with Crippen LogP contribution in [0.25, 0.3) is 0 Å². The van der Waals surface area contributed by atoms with E-state index in [-0.39, 0.29) is 11.9 Å². The lowest BCUT2D eigenvalue weighted by atomic mass is 10.1. The molecule has 1 aliphatic rings. The second-order valence-corrected chi connectivity index (χ2v) is 6.28. The Hall–Kier alpha value is -2.04. The number of hydrogen-bond donors (Lipinski definition) is 1. The van der Waals surface area contributed by atoms with E-state index in [2.05, 4.69) is 11.8 Å². The molecule has 0 aromatic heterocycles. The van der Waals surface area contributed by atoms with Crippen molar-refractivity contribution in [1.82, 2.24) is 4.90 Å². The third-order valence-electron chi connectivity index (χ3n) is 4.35. The Kier molecular flexibility index (Phi) is 5.64. The molecule has 1 N–H and O–H groups in total. The number of carboxylic acids is 1. The Balaban J connectivity index is 2.11. The summed E-state index contributed by atoms with van der Waals surface area (Å²) in [4.78, 5) is 27.6. The fraction of sp³-hybridized carbons (Fsp3) is 0.556. The van der Waals surface area contributed by atoms with Crippen LogP contribution in [0.5, 0.6) is 0 Å². The molecule has 0 saturated heterocycles. The molecule has 1 fully saturated rings. The van der Waals surface area contributed by atoms with Gasteiger partial charge in [0.25, 0.3) is 5.91 Å². The summed E-state index contributed by atoms with van der Waals surface area (Å²) >= 11 is 0. The molecule has 126 valence electrons. The highest BCUT2D eigenvalue weighted by atomic mass is 16.4. The van der Waals surface area contributed by atoms with Gasteiger partial charge in [-0.3, -0.25) is 4.79 Å². The first kappa shape index (κ1) is 17.3. The van der Waals surface area contributed by atoms with Crippen molar-refractivity contribution in [3.05, 3.63) is 29.8 Å². The molecule has 2 rings (SSSR count). The molecule has 5 heteroatoms. The molecule has 0 spiro atoms. The topological polar surface area (TPSA) is 60.9 Å². The Labute approximate surface area is 137 Å². The van der Waals surface area contributed by atoms with Gasteiger partial charge < -0.3 is 14.9 Å². The molecule has 23 heavy (non-hydrogen) atoms. The van der Waals surface area contributed by atoms with Gasteiger partial charge in [0.1, 0.15) is 6.04 Å². The first-order valence-electron chi connectivity index (χ1n) is 8.32. The van der Waals surface area contributed by atoms with Crippen molar-refractivity contribution in [3.8, 4) is 0 Å². The van der Waals surface area contributed by atoms with Gasteiger partial charge in [0.2, 0.25) is 0 Å². The lowest BCUT2D eigenvalue weighted by molar-refractivity contribution is -0.141. The summed E-state index contributed by atoms with van der Waals surface area (Å²) < 4.78 is 0. The van der Waals surface area contributed by atoms with Crippen molar-refractivity contribution in [3.63, 3.8) is 0 Å². The van der Waals surface area contributed by atoms with Crippen LogP contribution in [0.1, 0.15) is 49.9 Å². The van der Waals surface area contributed by atoms with E-state index in [1.54, 1.807) is 19.1 Å². The summed E-state index contributed by atoms with van der Waals surface area (Å²) in [7, 11) is 2.04. The third-order valence-corrected chi connectivity index (χ3v) is 4.35. The molecule has 1 saturated carbocycles. The number of carbonyl (C=O) groups excluding carboxylic acids is 1. The average molecular weight is 318 g/mol. The molecule has 1 aromatic rings. The van der Waals surface area contributed by atoms with Crippen molar-refractivity contribution >= 4 is 17.6 Å². The maximum absolute atomic E-state index is 12.7. The summed E-state index contributed by atoms with van der Waals surface area (Å²) in [6.45, 7) is 4.71. The summed E-state index contributed by atoms with van der Waals surface area (Å²) in [6.07, 6.45) is 4.05. The molecular formula is C18H26N2O3. The number of carbonyl (C=O) groups is 2. The van der Waals surface area contributed by atoms with Gasteiger partial charge in [-0.1, -0.05) is 13.3 Å². The molecule has 1 amide bonds. The lowest BCUT2D eigenvalue weighted by Crippen LogP contribution is -2.44. The minimum Gasteiger partial charge on any atom is -0.480 e. The normalized spacial score (nSPS) is 15.1. The predicted octanol–water partition coefficient (Wildman–Crippen LogP) is 3.00. The van der Waals surface area contributed by atoms with Crippen LogP contribution in [0, 0.1) is 0 Å². The Morgan fingerprint density at radius 1 is 1.26 bits per heavy atom. The van der Waals surface area contributed by atoms with Gasteiger partial charge in [-0.25, -0.2) is 4.79 Å². The van der Waals surface area contributed by atoms with Crippen LogP contribution >= 0.6 is 0 Å². The van der Waals surface area contributed by atoms with Crippen molar-refractivity contribution in [2.45, 2.75) is 51.6 Å². The zero-order valence-electron chi connectivity index (χ0n) is 14.2. The maximum Gasteiger partial charge on any atom is 0.326 e. The first-order chi connectivity index (χ1) is 11.0. The smallest absolute Gasteiger partial charge is 0.326 e. The van der Waals surface area contributed by atoms with Crippen LogP contribution in [-0.4, -0.2) is 47.6 Å². The fourth-order valence-corrected chi connectivity index (χ4v) is 2.66. The second-order valence-electron chi connectivity index (χ2n) is 6.28. The van der Waals surface area contributed by atoms with Gasteiger partial charge in [0.15, 0.2) is 0 Å². The van der Waals surface area contributed by atoms with E-state index >= 15 is 0 Å². The minimum absolute atomic E-state index is 0.0699. The highest BCUT2D eigenvalue weighted by molar-refractivity contribution is 5.97. The number of amides is 1. The minimum atomic E-state index is -0.957. The van der Waals surface area contributed by atoms with Gasteiger partial charge in [-0.15, -0.1) is 0 Å². The Morgan fingerprint density at radius 3 is 2.35 bits per heavy atom. The number of nitrogens with zero attached hydrogens (tertiary/aromatic N) is 2. The number of rotatable bonds is 8.